The number of carbonyl (C=O) groups is 1. The van der Waals surface area contributed by atoms with Crippen LogP contribution in [0.5, 0.6) is 0 Å². The first-order valence-electron chi connectivity index (χ1n) is 7.41. The molecule has 118 valence electrons. The maximum Gasteiger partial charge on any atom is 0.327 e. The molecule has 2 atom stereocenters. The largest absolute Gasteiger partial charge is 0.468 e. The van der Waals surface area contributed by atoms with Crippen molar-refractivity contribution < 1.29 is 13.9 Å². The zero-order chi connectivity index (χ0) is 16.2. The molecule has 23 heavy (non-hydrogen) atoms. The van der Waals surface area contributed by atoms with Crippen molar-refractivity contribution in [1.82, 2.24) is 10.3 Å². The van der Waals surface area contributed by atoms with Crippen LogP contribution < -0.4 is 5.32 Å². The number of para-hydroxylation sites is 1. The number of hydrogen-bond donors (Lipinski definition) is 1. The van der Waals surface area contributed by atoms with Crippen LogP contribution in [0.1, 0.15) is 30.3 Å². The van der Waals surface area contributed by atoms with Gasteiger partial charge in [-0.15, -0.1) is 0 Å². The molecule has 0 saturated heterocycles. The molecule has 0 aliphatic heterocycles. The van der Waals surface area contributed by atoms with Crippen molar-refractivity contribution in [3.63, 3.8) is 0 Å². The lowest BCUT2D eigenvalue weighted by atomic mass is 10.1. The van der Waals surface area contributed by atoms with E-state index in [1.54, 1.807) is 18.5 Å². The van der Waals surface area contributed by atoms with E-state index < -0.39 is 6.04 Å². The Morgan fingerprint density at radius 2 is 2.09 bits per heavy atom. The number of benzene rings is 1. The van der Waals surface area contributed by atoms with Gasteiger partial charge in [0.2, 0.25) is 0 Å². The van der Waals surface area contributed by atoms with Crippen LogP contribution in [0, 0.1) is 0 Å². The van der Waals surface area contributed by atoms with Crippen LogP contribution in [0.15, 0.2) is 59.3 Å². The first-order valence-corrected chi connectivity index (χ1v) is 7.41. The van der Waals surface area contributed by atoms with E-state index in [4.69, 9.17) is 9.15 Å². The maximum atomic E-state index is 12.1. The molecule has 0 unspecified atom stereocenters. The summed E-state index contributed by atoms with van der Waals surface area (Å²) < 4.78 is 10.8. The summed E-state index contributed by atoms with van der Waals surface area (Å²) in [6, 6.07) is 12.7. The summed E-state index contributed by atoms with van der Waals surface area (Å²) in [7, 11) is 1.37. The van der Waals surface area contributed by atoms with E-state index in [0.717, 1.165) is 22.3 Å². The fourth-order valence-electron chi connectivity index (χ4n) is 2.51. The molecular weight excluding hydrogens is 292 g/mol. The zero-order valence-corrected chi connectivity index (χ0v) is 13.0. The summed E-state index contributed by atoms with van der Waals surface area (Å²) in [5.74, 6) is 0.407. The second-order valence-corrected chi connectivity index (χ2v) is 5.32. The van der Waals surface area contributed by atoms with E-state index in [2.05, 4.69) is 10.3 Å². The summed E-state index contributed by atoms with van der Waals surface area (Å²) >= 11 is 0. The number of ether oxygens (including phenoxy) is 1. The number of esters is 1. The maximum absolute atomic E-state index is 12.1. The fraction of sp³-hybridized carbons (Fsp3) is 0.222. The third kappa shape index (κ3) is 3.24. The van der Waals surface area contributed by atoms with E-state index in [9.17, 15) is 4.79 Å². The third-order valence-corrected chi connectivity index (χ3v) is 3.74. The molecular formula is C18H18N2O3. The van der Waals surface area contributed by atoms with Crippen molar-refractivity contribution in [1.29, 1.82) is 0 Å². The van der Waals surface area contributed by atoms with Crippen molar-refractivity contribution in [2.24, 2.45) is 0 Å². The lowest BCUT2D eigenvalue weighted by molar-refractivity contribution is -0.143. The number of fused-ring (bicyclic) bond motifs is 1. The van der Waals surface area contributed by atoms with Gasteiger partial charge < -0.3 is 9.15 Å². The zero-order valence-electron chi connectivity index (χ0n) is 13.0. The van der Waals surface area contributed by atoms with E-state index in [-0.39, 0.29) is 12.0 Å². The lowest BCUT2D eigenvalue weighted by Gasteiger charge is -2.20. The molecule has 0 bridgehead atoms. The quantitative estimate of drug-likeness (QED) is 0.732. The molecule has 0 fully saturated rings. The van der Waals surface area contributed by atoms with Gasteiger partial charge in [0.05, 0.1) is 13.2 Å². The van der Waals surface area contributed by atoms with Gasteiger partial charge in [0.15, 0.2) is 0 Å². The number of nitrogens with one attached hydrogen (secondary N) is 1. The fourth-order valence-corrected chi connectivity index (χ4v) is 2.51. The van der Waals surface area contributed by atoms with Crippen molar-refractivity contribution in [2.45, 2.75) is 19.0 Å². The van der Waals surface area contributed by atoms with Gasteiger partial charge in [0.25, 0.3) is 0 Å². The summed E-state index contributed by atoms with van der Waals surface area (Å²) in [6.45, 7) is 1.95. The highest BCUT2D eigenvalue weighted by molar-refractivity contribution is 5.78. The molecule has 0 amide bonds. The van der Waals surface area contributed by atoms with Crippen molar-refractivity contribution >= 4 is 16.9 Å². The predicted molar refractivity (Wildman–Crippen MR) is 86.8 cm³/mol. The van der Waals surface area contributed by atoms with Crippen LogP contribution in [0.25, 0.3) is 11.0 Å². The summed E-state index contributed by atoms with van der Waals surface area (Å²) in [6.07, 6.45) is 3.32. The minimum absolute atomic E-state index is 0.160. The number of hydrogen-bond acceptors (Lipinski definition) is 5. The second-order valence-electron chi connectivity index (χ2n) is 5.32. The topological polar surface area (TPSA) is 64.4 Å². The Morgan fingerprint density at radius 3 is 2.78 bits per heavy atom. The number of furan rings is 1. The Labute approximate surface area is 134 Å². The highest BCUT2D eigenvalue weighted by atomic mass is 16.5. The molecule has 1 N–H and O–H groups in total. The van der Waals surface area contributed by atoms with Gasteiger partial charge in [-0.05, 0) is 30.7 Å². The van der Waals surface area contributed by atoms with Crippen LogP contribution in [-0.4, -0.2) is 18.1 Å². The van der Waals surface area contributed by atoms with Gasteiger partial charge >= 0.3 is 5.97 Å². The Balaban J connectivity index is 1.85. The first-order chi connectivity index (χ1) is 11.2. The molecule has 5 heteroatoms. The van der Waals surface area contributed by atoms with Gasteiger partial charge in [0, 0.05) is 17.8 Å². The lowest BCUT2D eigenvalue weighted by Crippen LogP contribution is -2.31. The van der Waals surface area contributed by atoms with Crippen LogP contribution in [0.2, 0.25) is 0 Å². The monoisotopic (exact) mass is 310 g/mol. The molecule has 3 rings (SSSR count). The summed E-state index contributed by atoms with van der Waals surface area (Å²) in [5, 5.41) is 4.29. The van der Waals surface area contributed by atoms with Gasteiger partial charge in [-0.1, -0.05) is 24.3 Å². The van der Waals surface area contributed by atoms with E-state index in [1.807, 2.05) is 43.3 Å². The Hall–Kier alpha value is -2.66. The van der Waals surface area contributed by atoms with E-state index >= 15 is 0 Å². The van der Waals surface area contributed by atoms with Crippen LogP contribution in [0.3, 0.4) is 0 Å². The number of pyridine rings is 1. The Morgan fingerprint density at radius 1 is 1.26 bits per heavy atom. The smallest absolute Gasteiger partial charge is 0.327 e. The van der Waals surface area contributed by atoms with Crippen LogP contribution in [0.4, 0.5) is 0 Å². The predicted octanol–water partition coefficient (Wildman–Crippen LogP) is 3.39. The number of carbonyl (C=O) groups excluding carboxylic acids is 1. The van der Waals surface area contributed by atoms with Crippen LogP contribution >= 0.6 is 0 Å². The standard InChI is InChI=1S/C18H18N2O3/c1-12(16-10-13-6-3-4-8-15(13)23-16)20-17(18(21)22-2)14-7-5-9-19-11-14/h3-12,17,20H,1-2H3/t12-,17-/m0/s1. The molecule has 0 saturated carbocycles. The summed E-state index contributed by atoms with van der Waals surface area (Å²) in [4.78, 5) is 16.2. The number of methoxy groups -OCH3 is 1. The molecule has 0 spiro atoms. The van der Waals surface area contributed by atoms with Crippen LogP contribution in [-0.2, 0) is 9.53 Å². The van der Waals surface area contributed by atoms with Gasteiger partial charge in [-0.2, -0.15) is 0 Å². The highest BCUT2D eigenvalue weighted by Gasteiger charge is 2.25. The van der Waals surface area contributed by atoms with Crippen molar-refractivity contribution in [2.75, 3.05) is 7.11 Å². The SMILES string of the molecule is COC(=O)[C@@H](N[C@@H](C)c1cc2ccccc2o1)c1cccnc1. The molecule has 0 radical (unpaired) electrons. The number of rotatable bonds is 5. The number of nitrogens with zero attached hydrogens (tertiary/aromatic N) is 1. The average molecular weight is 310 g/mol. The molecule has 2 aromatic heterocycles. The average Bonchev–Trinajstić information content (AvgIpc) is 3.04. The first kappa shape index (κ1) is 15.2. The molecule has 3 aromatic rings. The van der Waals surface area contributed by atoms with E-state index in [0.29, 0.717) is 0 Å². The van der Waals surface area contributed by atoms with Gasteiger partial charge in [-0.3, -0.25) is 10.3 Å². The molecule has 1 aromatic carbocycles. The minimum Gasteiger partial charge on any atom is -0.468 e. The number of aromatic nitrogens is 1. The van der Waals surface area contributed by atoms with E-state index in [1.165, 1.54) is 7.11 Å². The van der Waals surface area contributed by atoms with Crippen molar-refractivity contribution in [3.8, 4) is 0 Å². The molecule has 2 heterocycles. The highest BCUT2D eigenvalue weighted by Crippen LogP contribution is 2.26. The van der Waals surface area contributed by atoms with Gasteiger partial charge in [-0.25, -0.2) is 4.79 Å². The minimum atomic E-state index is -0.600. The normalized spacial score (nSPS) is 13.7. The Kier molecular flexibility index (Phi) is 4.39. The van der Waals surface area contributed by atoms with Crippen molar-refractivity contribution in [3.05, 3.63) is 66.2 Å². The summed E-state index contributed by atoms with van der Waals surface area (Å²) in [5.41, 5.74) is 1.58. The molecule has 0 aliphatic rings. The molecule has 5 nitrogen and oxygen atoms in total. The molecule has 0 aliphatic carbocycles. The third-order valence-electron chi connectivity index (χ3n) is 3.74. The Bertz CT molecular complexity index is 765. The van der Waals surface area contributed by atoms with Gasteiger partial charge in [0.1, 0.15) is 17.4 Å². The second kappa shape index (κ2) is 6.62.